The predicted octanol–water partition coefficient (Wildman–Crippen LogP) is 4.43. The average molecular weight is 467 g/mol. The number of methoxy groups -OCH3 is 1. The van der Waals surface area contributed by atoms with Gasteiger partial charge >= 0.3 is 0 Å². The molecule has 0 unspecified atom stereocenters. The van der Waals surface area contributed by atoms with Crippen LogP contribution in [0, 0.1) is 33.5 Å². The zero-order chi connectivity index (χ0) is 24.7. The highest BCUT2D eigenvalue weighted by Crippen LogP contribution is 2.82. The number of ketones is 2. The molecule has 5 heteroatoms. The molecule has 5 nitrogen and oxygen atoms in total. The van der Waals surface area contributed by atoms with E-state index >= 15 is 0 Å². The highest BCUT2D eigenvalue weighted by atomic mass is 16.6. The van der Waals surface area contributed by atoms with Crippen LogP contribution < -0.4 is 0 Å². The molecule has 0 radical (unpaired) electrons. The maximum absolute atomic E-state index is 13.0. The van der Waals surface area contributed by atoms with Gasteiger partial charge in [0.15, 0.2) is 0 Å². The number of ether oxygens (including phenoxy) is 1. The van der Waals surface area contributed by atoms with Gasteiger partial charge in [0.2, 0.25) is 5.78 Å². The standard InChI is InChI=1S/C29H38O5/c1-7-27-10-8-25(4)21-13-17-23-18(14-22(31)29(33,34-6)26(23,5)32)28(17,21)11-9-24(25,3)20(27)12-16(2)19(30)15-27/h13-14,16,20,32-33H,7-12,15H2,1-6H3/t16-,20+,24+,25-,26-,27+,28-,29-/m1/s1. The minimum atomic E-state index is -2.26. The van der Waals surface area contributed by atoms with Gasteiger partial charge in [-0.25, -0.2) is 0 Å². The van der Waals surface area contributed by atoms with Crippen LogP contribution >= 0.6 is 0 Å². The lowest BCUT2D eigenvalue weighted by Crippen LogP contribution is -2.70. The van der Waals surface area contributed by atoms with Crippen molar-refractivity contribution in [3.05, 3.63) is 34.4 Å². The first-order valence-electron chi connectivity index (χ1n) is 13.1. The Morgan fingerprint density at radius 2 is 1.76 bits per heavy atom. The van der Waals surface area contributed by atoms with Gasteiger partial charge in [0.25, 0.3) is 5.79 Å². The monoisotopic (exact) mass is 466 g/mol. The lowest BCUT2D eigenvalue weighted by Gasteiger charge is -2.74. The molecule has 184 valence electrons. The maximum Gasteiger partial charge on any atom is 0.264 e. The molecule has 34 heavy (non-hydrogen) atoms. The van der Waals surface area contributed by atoms with Crippen LogP contribution in [0.2, 0.25) is 0 Å². The summed E-state index contributed by atoms with van der Waals surface area (Å²) in [6, 6.07) is 0. The van der Waals surface area contributed by atoms with Crippen LogP contribution in [0.3, 0.4) is 0 Å². The van der Waals surface area contributed by atoms with E-state index < -0.39 is 17.2 Å². The molecule has 0 aromatic carbocycles. The van der Waals surface area contributed by atoms with E-state index in [4.69, 9.17) is 4.74 Å². The van der Waals surface area contributed by atoms with Gasteiger partial charge in [0.05, 0.1) is 0 Å². The summed E-state index contributed by atoms with van der Waals surface area (Å²) in [6.07, 6.45) is 10.6. The van der Waals surface area contributed by atoms with Crippen molar-refractivity contribution in [3.63, 3.8) is 0 Å². The summed E-state index contributed by atoms with van der Waals surface area (Å²) in [4.78, 5) is 25.8. The maximum atomic E-state index is 13.0. The molecule has 8 atom stereocenters. The highest BCUT2D eigenvalue weighted by molar-refractivity contribution is 6.03. The highest BCUT2D eigenvalue weighted by Gasteiger charge is 2.75. The number of Topliss-reactive ketones (excluding diaryl/α,β-unsaturated/α-hetero) is 1. The van der Waals surface area contributed by atoms with Gasteiger partial charge in [-0.15, -0.1) is 0 Å². The minimum Gasteiger partial charge on any atom is -0.379 e. The van der Waals surface area contributed by atoms with Crippen molar-refractivity contribution in [1.29, 1.82) is 0 Å². The third kappa shape index (κ3) is 2.05. The third-order valence-electron chi connectivity index (χ3n) is 12.1. The van der Waals surface area contributed by atoms with E-state index in [9.17, 15) is 19.8 Å². The van der Waals surface area contributed by atoms with Gasteiger partial charge in [-0.3, -0.25) is 9.59 Å². The van der Waals surface area contributed by atoms with Gasteiger partial charge in [-0.1, -0.05) is 33.8 Å². The van der Waals surface area contributed by atoms with Crippen LogP contribution in [0.4, 0.5) is 0 Å². The summed E-state index contributed by atoms with van der Waals surface area (Å²) in [5.74, 6) is -1.77. The van der Waals surface area contributed by atoms with Crippen molar-refractivity contribution in [1.82, 2.24) is 0 Å². The number of hydrogen-bond acceptors (Lipinski definition) is 5. The molecule has 0 bridgehead atoms. The lowest BCUT2D eigenvalue weighted by atomic mass is 9.29. The Morgan fingerprint density at radius 3 is 2.41 bits per heavy atom. The summed E-state index contributed by atoms with van der Waals surface area (Å²) in [6.45, 7) is 10.8. The second kappa shape index (κ2) is 6.22. The zero-order valence-electron chi connectivity index (χ0n) is 21.4. The fourth-order valence-corrected chi connectivity index (χ4v) is 9.66. The molecule has 0 aliphatic heterocycles. The predicted molar refractivity (Wildman–Crippen MR) is 128 cm³/mol. The Labute approximate surface area is 202 Å². The fourth-order valence-electron chi connectivity index (χ4n) is 9.66. The van der Waals surface area contributed by atoms with Crippen molar-refractivity contribution >= 4 is 11.6 Å². The van der Waals surface area contributed by atoms with Crippen LogP contribution in [0.1, 0.15) is 79.6 Å². The number of rotatable bonds is 2. The quantitative estimate of drug-likeness (QED) is 0.588. The summed E-state index contributed by atoms with van der Waals surface area (Å²) in [7, 11) is 1.26. The van der Waals surface area contributed by atoms with Crippen LogP contribution in [-0.2, 0) is 14.3 Å². The Kier molecular flexibility index (Phi) is 4.18. The summed E-state index contributed by atoms with van der Waals surface area (Å²) < 4.78 is 5.15. The topological polar surface area (TPSA) is 83.8 Å². The normalized spacial score (nSPS) is 53.3. The van der Waals surface area contributed by atoms with Crippen LogP contribution in [0.5, 0.6) is 0 Å². The number of hydrogen-bond donors (Lipinski definition) is 2. The van der Waals surface area contributed by atoms with Crippen molar-refractivity contribution in [2.45, 2.75) is 91.0 Å². The molecule has 0 amide bonds. The van der Waals surface area contributed by atoms with E-state index in [0.29, 0.717) is 17.3 Å². The van der Waals surface area contributed by atoms with E-state index in [1.54, 1.807) is 6.08 Å². The molecule has 0 aromatic rings. The lowest BCUT2D eigenvalue weighted by molar-refractivity contribution is -0.255. The summed E-state index contributed by atoms with van der Waals surface area (Å²) in [5, 5.41) is 22.2. The number of allylic oxidation sites excluding steroid dienone is 3. The van der Waals surface area contributed by atoms with Crippen LogP contribution in [0.15, 0.2) is 34.4 Å². The SMILES string of the molecule is CC[C@@]12CC[C@]3(C)C4=CC5=C6C(=CC(=O)[C@@](O)(OC)[C@]6(C)O)[C@]45CC[C@@]3(C)[C@@H]1C[C@@H](C)C(=O)C2. The van der Waals surface area contributed by atoms with Gasteiger partial charge in [0.1, 0.15) is 11.4 Å². The molecule has 0 saturated heterocycles. The molecule has 0 aromatic heterocycles. The zero-order valence-corrected chi connectivity index (χ0v) is 21.4. The first kappa shape index (κ1) is 22.9. The minimum absolute atomic E-state index is 0.0194. The summed E-state index contributed by atoms with van der Waals surface area (Å²) in [5.41, 5.74) is 2.15. The molecule has 1 spiro atoms. The first-order chi connectivity index (χ1) is 15.8. The Balaban J connectivity index is 1.48. The van der Waals surface area contributed by atoms with Crippen molar-refractivity contribution in [3.8, 4) is 0 Å². The molecule has 2 N–H and O–H groups in total. The van der Waals surface area contributed by atoms with E-state index in [1.165, 1.54) is 19.6 Å². The second-order valence-corrected chi connectivity index (χ2v) is 12.9. The van der Waals surface area contributed by atoms with Gasteiger partial charge in [-0.05, 0) is 96.0 Å². The Morgan fingerprint density at radius 1 is 1.06 bits per heavy atom. The van der Waals surface area contributed by atoms with Crippen LogP contribution in [0.25, 0.3) is 0 Å². The number of fused-ring (bicyclic) bond motifs is 5. The van der Waals surface area contributed by atoms with E-state index in [0.717, 1.165) is 56.1 Å². The molecule has 6 aliphatic rings. The molecule has 6 aliphatic carbocycles. The van der Waals surface area contributed by atoms with Crippen LogP contribution in [-0.4, -0.2) is 40.3 Å². The molecular formula is C29H38O5. The first-order valence-corrected chi connectivity index (χ1v) is 13.1. The van der Waals surface area contributed by atoms with E-state index in [1.807, 2.05) is 0 Å². The second-order valence-electron chi connectivity index (χ2n) is 12.9. The van der Waals surface area contributed by atoms with Crippen molar-refractivity contribution in [2.75, 3.05) is 7.11 Å². The van der Waals surface area contributed by atoms with E-state index in [2.05, 4.69) is 33.8 Å². The van der Waals surface area contributed by atoms with Gasteiger partial charge in [-0.2, -0.15) is 0 Å². The molecule has 3 fully saturated rings. The van der Waals surface area contributed by atoms with Crippen molar-refractivity contribution in [2.24, 2.45) is 33.5 Å². The molecule has 3 saturated carbocycles. The number of aliphatic hydroxyl groups is 2. The largest absolute Gasteiger partial charge is 0.379 e. The number of carbonyl (C=O) groups is 2. The van der Waals surface area contributed by atoms with Gasteiger partial charge < -0.3 is 14.9 Å². The van der Waals surface area contributed by atoms with Gasteiger partial charge in [0, 0.05) is 24.9 Å². The van der Waals surface area contributed by atoms with Crippen molar-refractivity contribution < 1.29 is 24.5 Å². The van der Waals surface area contributed by atoms with E-state index in [-0.39, 0.29) is 27.6 Å². The molecule has 0 heterocycles. The average Bonchev–Trinajstić information content (AvgIpc) is 2.78. The smallest absolute Gasteiger partial charge is 0.264 e. The molecular weight excluding hydrogens is 428 g/mol. The molecule has 6 rings (SSSR count). The third-order valence-corrected chi connectivity index (χ3v) is 12.1. The number of carbonyl (C=O) groups excluding carboxylic acids is 2. The fraction of sp³-hybridized carbons (Fsp3) is 0.724. The summed E-state index contributed by atoms with van der Waals surface area (Å²) >= 11 is 0. The Bertz CT molecular complexity index is 1140. The Hall–Kier alpha value is -1.56.